The van der Waals surface area contributed by atoms with Gasteiger partial charge in [-0.3, -0.25) is 4.79 Å². The molecule has 2 aliphatic rings. The lowest BCUT2D eigenvalue weighted by atomic mass is 10.0. The van der Waals surface area contributed by atoms with E-state index >= 15 is 0 Å². The van der Waals surface area contributed by atoms with Gasteiger partial charge in [0.2, 0.25) is 5.95 Å². The molecule has 2 saturated carbocycles. The molecule has 0 spiro atoms. The summed E-state index contributed by atoms with van der Waals surface area (Å²) in [5.41, 5.74) is 13.6. The van der Waals surface area contributed by atoms with Crippen LogP contribution >= 0.6 is 0 Å². The highest BCUT2D eigenvalue weighted by Crippen LogP contribution is 2.47. The van der Waals surface area contributed by atoms with E-state index in [-0.39, 0.29) is 17.1 Å². The molecular weight excluding hydrogens is 392 g/mol. The molecule has 1 aromatic carbocycles. The van der Waals surface area contributed by atoms with Crippen LogP contribution in [0.5, 0.6) is 0 Å². The van der Waals surface area contributed by atoms with E-state index in [4.69, 9.17) is 11.5 Å². The molecule has 0 saturated heterocycles. The number of primary amides is 1. The molecular formula is C22H24N8O. The second-order valence-electron chi connectivity index (χ2n) is 8.29. The van der Waals surface area contributed by atoms with Gasteiger partial charge in [0.1, 0.15) is 11.4 Å². The third-order valence-electron chi connectivity index (χ3n) is 5.83. The Balaban J connectivity index is 1.43. The minimum absolute atomic E-state index is 0.137. The van der Waals surface area contributed by atoms with Crippen LogP contribution < -0.4 is 22.1 Å². The topological polar surface area (TPSA) is 145 Å². The molecule has 6 N–H and O–H groups in total. The molecule has 2 fully saturated rings. The second kappa shape index (κ2) is 7.59. The summed E-state index contributed by atoms with van der Waals surface area (Å²) < 4.78 is 0. The van der Waals surface area contributed by atoms with Gasteiger partial charge in [0.15, 0.2) is 5.82 Å². The van der Waals surface area contributed by atoms with Gasteiger partial charge >= 0.3 is 0 Å². The summed E-state index contributed by atoms with van der Waals surface area (Å²) in [6, 6.07) is 9.46. The maximum absolute atomic E-state index is 12.0. The van der Waals surface area contributed by atoms with E-state index in [9.17, 15) is 4.79 Å². The molecule has 31 heavy (non-hydrogen) atoms. The Morgan fingerprint density at radius 1 is 1.13 bits per heavy atom. The highest BCUT2D eigenvalue weighted by Gasteiger charge is 2.52. The van der Waals surface area contributed by atoms with Crippen LogP contribution in [0.3, 0.4) is 0 Å². The summed E-state index contributed by atoms with van der Waals surface area (Å²) in [5, 5.41) is 6.61. The number of carbonyl (C=O) groups excluding carboxylic acids is 1. The minimum atomic E-state index is -0.604. The van der Waals surface area contributed by atoms with Crippen molar-refractivity contribution in [2.75, 3.05) is 10.6 Å². The molecule has 1 atom stereocenters. The first-order valence-corrected chi connectivity index (χ1v) is 10.4. The summed E-state index contributed by atoms with van der Waals surface area (Å²) in [6.45, 7) is 0. The zero-order valence-corrected chi connectivity index (χ0v) is 17.0. The van der Waals surface area contributed by atoms with Gasteiger partial charge in [0, 0.05) is 41.4 Å². The van der Waals surface area contributed by atoms with Gasteiger partial charge in [-0.15, -0.1) is 0 Å². The largest absolute Gasteiger partial charge is 0.365 e. The number of nitrogens with zero attached hydrogens (tertiary/aromatic N) is 4. The van der Waals surface area contributed by atoms with Crippen LogP contribution in [0.1, 0.15) is 36.0 Å². The van der Waals surface area contributed by atoms with Gasteiger partial charge in [-0.05, 0) is 49.8 Å². The molecule has 2 heterocycles. The molecule has 9 nitrogen and oxygen atoms in total. The molecule has 1 unspecified atom stereocenters. The normalized spacial score (nSPS) is 17.6. The van der Waals surface area contributed by atoms with Gasteiger partial charge in [-0.25, -0.2) is 15.0 Å². The van der Waals surface area contributed by atoms with Crippen molar-refractivity contribution < 1.29 is 4.79 Å². The van der Waals surface area contributed by atoms with E-state index in [1.807, 2.05) is 24.3 Å². The van der Waals surface area contributed by atoms with Crippen LogP contribution in [0, 0.1) is 5.92 Å². The average Bonchev–Trinajstić information content (AvgIpc) is 3.70. The van der Waals surface area contributed by atoms with Gasteiger partial charge in [0.05, 0.1) is 0 Å². The van der Waals surface area contributed by atoms with Crippen LogP contribution in [0.15, 0.2) is 48.9 Å². The van der Waals surface area contributed by atoms with Crippen molar-refractivity contribution in [3.63, 3.8) is 0 Å². The van der Waals surface area contributed by atoms with Gasteiger partial charge in [-0.1, -0.05) is 12.1 Å². The lowest BCUT2D eigenvalue weighted by molar-refractivity contribution is 0.100. The maximum Gasteiger partial charge on any atom is 0.254 e. The first-order chi connectivity index (χ1) is 15.0. The number of amides is 1. The van der Waals surface area contributed by atoms with Crippen molar-refractivity contribution in [1.82, 2.24) is 19.9 Å². The van der Waals surface area contributed by atoms with Crippen molar-refractivity contribution in [3.05, 3.63) is 54.5 Å². The second-order valence-corrected chi connectivity index (χ2v) is 8.29. The molecule has 2 aromatic heterocycles. The first-order valence-electron chi connectivity index (χ1n) is 10.4. The van der Waals surface area contributed by atoms with E-state index in [2.05, 4.69) is 30.6 Å². The monoisotopic (exact) mass is 416 g/mol. The lowest BCUT2D eigenvalue weighted by Gasteiger charge is -2.25. The fourth-order valence-corrected chi connectivity index (χ4v) is 3.80. The Morgan fingerprint density at radius 3 is 2.58 bits per heavy atom. The van der Waals surface area contributed by atoms with Crippen LogP contribution in [-0.2, 0) is 0 Å². The maximum atomic E-state index is 12.0. The minimum Gasteiger partial charge on any atom is -0.365 e. The summed E-state index contributed by atoms with van der Waals surface area (Å²) >= 11 is 0. The van der Waals surface area contributed by atoms with Crippen molar-refractivity contribution in [2.45, 2.75) is 37.3 Å². The van der Waals surface area contributed by atoms with E-state index in [0.717, 1.165) is 36.9 Å². The zero-order chi connectivity index (χ0) is 21.4. The Labute approximate surface area is 179 Å². The number of nitrogens with two attached hydrogens (primary N) is 2. The van der Waals surface area contributed by atoms with E-state index in [1.165, 1.54) is 6.20 Å². The summed E-state index contributed by atoms with van der Waals surface area (Å²) in [6.07, 6.45) is 9.15. The third kappa shape index (κ3) is 4.17. The van der Waals surface area contributed by atoms with Gasteiger partial charge in [0.25, 0.3) is 5.91 Å². The molecule has 0 radical (unpaired) electrons. The smallest absolute Gasteiger partial charge is 0.254 e. The highest BCUT2D eigenvalue weighted by atomic mass is 16.1. The fourth-order valence-electron chi connectivity index (χ4n) is 3.80. The SMILES string of the molecule is NC(=O)c1cnc(NC(C2CC2)C2(N)CC2)nc1Nc1cccc(-c2ncccn2)c1. The van der Waals surface area contributed by atoms with E-state index in [0.29, 0.717) is 23.5 Å². The number of aromatic nitrogens is 4. The Hall–Kier alpha value is -3.59. The fraction of sp³-hybridized carbons (Fsp3) is 0.318. The number of hydrogen-bond acceptors (Lipinski definition) is 8. The van der Waals surface area contributed by atoms with Crippen molar-refractivity contribution in [2.24, 2.45) is 17.4 Å². The van der Waals surface area contributed by atoms with Crippen molar-refractivity contribution in [3.8, 4) is 11.4 Å². The molecule has 5 rings (SSSR count). The predicted octanol–water partition coefficient (Wildman–Crippen LogP) is 2.46. The first kappa shape index (κ1) is 19.4. The lowest BCUT2D eigenvalue weighted by Crippen LogP contribution is -2.44. The van der Waals surface area contributed by atoms with E-state index < -0.39 is 5.91 Å². The summed E-state index contributed by atoms with van der Waals surface area (Å²) in [7, 11) is 0. The molecule has 2 aliphatic carbocycles. The van der Waals surface area contributed by atoms with Gasteiger partial charge in [-0.2, -0.15) is 4.98 Å². The third-order valence-corrected chi connectivity index (χ3v) is 5.83. The van der Waals surface area contributed by atoms with Crippen LogP contribution in [0.25, 0.3) is 11.4 Å². The van der Waals surface area contributed by atoms with Crippen molar-refractivity contribution >= 4 is 23.4 Å². The molecule has 158 valence electrons. The van der Waals surface area contributed by atoms with Crippen LogP contribution in [0.2, 0.25) is 0 Å². The van der Waals surface area contributed by atoms with Crippen LogP contribution in [0.4, 0.5) is 17.5 Å². The standard InChI is InChI=1S/C22H24N8O/c23-18(31)16-12-27-21(29-17(13-5-6-13)22(24)7-8-22)30-20(16)28-15-4-1-3-14(11-15)19-25-9-2-10-26-19/h1-4,9-13,17H,5-8,24H2,(H2,23,31)(H2,27,28,29,30). The van der Waals surface area contributed by atoms with Gasteiger partial charge < -0.3 is 22.1 Å². The molecule has 0 aliphatic heterocycles. The van der Waals surface area contributed by atoms with Crippen molar-refractivity contribution in [1.29, 1.82) is 0 Å². The molecule has 0 bridgehead atoms. The zero-order valence-electron chi connectivity index (χ0n) is 17.0. The van der Waals surface area contributed by atoms with Crippen LogP contribution in [-0.4, -0.2) is 37.4 Å². The number of hydrogen-bond donors (Lipinski definition) is 4. The summed E-state index contributed by atoms with van der Waals surface area (Å²) in [5.74, 6) is 1.33. The van der Waals surface area contributed by atoms with E-state index in [1.54, 1.807) is 18.5 Å². The summed E-state index contributed by atoms with van der Waals surface area (Å²) in [4.78, 5) is 29.4. The number of carbonyl (C=O) groups is 1. The molecule has 1 amide bonds. The quantitative estimate of drug-likeness (QED) is 0.438. The average molecular weight is 416 g/mol. The number of nitrogens with one attached hydrogen (secondary N) is 2. The molecule has 3 aromatic rings. The number of benzene rings is 1. The Kier molecular flexibility index (Phi) is 4.74. The number of rotatable bonds is 8. The molecule has 9 heteroatoms. The number of anilines is 3. The Bertz CT molecular complexity index is 1110. The predicted molar refractivity (Wildman–Crippen MR) is 118 cm³/mol. The highest BCUT2D eigenvalue weighted by molar-refractivity contribution is 5.98. The Morgan fingerprint density at radius 2 is 1.90 bits per heavy atom.